The normalized spacial score (nSPS) is 10.5. The molecule has 0 aliphatic heterocycles. The summed E-state index contributed by atoms with van der Waals surface area (Å²) in [5.74, 6) is -0.562. The molecular formula is C16H16BrNO3. The molecule has 1 N–H and O–H groups in total. The first-order valence-electron chi connectivity index (χ1n) is 6.62. The highest BCUT2D eigenvalue weighted by atomic mass is 79.9. The van der Waals surface area contributed by atoms with E-state index in [2.05, 4.69) is 20.9 Å². The van der Waals surface area contributed by atoms with Crippen LogP contribution in [0.2, 0.25) is 0 Å². The summed E-state index contributed by atoms with van der Waals surface area (Å²) < 4.78 is 5.72. The summed E-state index contributed by atoms with van der Waals surface area (Å²) in [6, 6.07) is 7.22. The van der Waals surface area contributed by atoms with Crippen molar-refractivity contribution in [1.82, 2.24) is 4.98 Å². The number of nitrogens with one attached hydrogen (secondary N) is 1. The fourth-order valence-corrected chi connectivity index (χ4v) is 2.74. The number of H-pyrrole nitrogens is 1. The van der Waals surface area contributed by atoms with Gasteiger partial charge in [0.15, 0.2) is 5.78 Å². The van der Waals surface area contributed by atoms with E-state index in [0.29, 0.717) is 34.7 Å². The SMILES string of the molecule is CCOC(=O)c1[nH]c(C)c(C(=O)c2ccccc2Br)c1C. The zero-order valence-electron chi connectivity index (χ0n) is 12.1. The molecule has 0 aliphatic carbocycles. The van der Waals surface area contributed by atoms with E-state index < -0.39 is 5.97 Å². The van der Waals surface area contributed by atoms with E-state index in [1.807, 2.05) is 18.2 Å². The zero-order chi connectivity index (χ0) is 15.6. The highest BCUT2D eigenvalue weighted by molar-refractivity contribution is 9.10. The number of ether oxygens (including phenoxy) is 1. The van der Waals surface area contributed by atoms with Crippen LogP contribution >= 0.6 is 15.9 Å². The lowest BCUT2D eigenvalue weighted by Crippen LogP contribution is -2.08. The van der Waals surface area contributed by atoms with Crippen molar-refractivity contribution in [2.45, 2.75) is 20.8 Å². The molecule has 2 aromatic rings. The van der Waals surface area contributed by atoms with Crippen LogP contribution in [0.5, 0.6) is 0 Å². The Balaban J connectivity index is 2.48. The minimum absolute atomic E-state index is 0.121. The Bertz CT molecular complexity index is 704. The predicted molar refractivity (Wildman–Crippen MR) is 83.8 cm³/mol. The Labute approximate surface area is 131 Å². The summed E-state index contributed by atoms with van der Waals surface area (Å²) in [7, 11) is 0. The zero-order valence-corrected chi connectivity index (χ0v) is 13.7. The van der Waals surface area contributed by atoms with Crippen molar-refractivity contribution in [2.24, 2.45) is 0 Å². The van der Waals surface area contributed by atoms with E-state index in [0.717, 1.165) is 4.47 Å². The van der Waals surface area contributed by atoms with Crippen molar-refractivity contribution in [3.05, 3.63) is 56.8 Å². The number of benzene rings is 1. The van der Waals surface area contributed by atoms with Crippen LogP contribution in [0.3, 0.4) is 0 Å². The number of ketones is 1. The molecular weight excluding hydrogens is 334 g/mol. The molecule has 1 aromatic carbocycles. The number of aromatic nitrogens is 1. The smallest absolute Gasteiger partial charge is 0.355 e. The summed E-state index contributed by atoms with van der Waals surface area (Å²) in [6.07, 6.45) is 0. The minimum Gasteiger partial charge on any atom is -0.461 e. The van der Waals surface area contributed by atoms with Crippen molar-refractivity contribution < 1.29 is 14.3 Å². The van der Waals surface area contributed by atoms with Crippen molar-refractivity contribution in [3.8, 4) is 0 Å². The third kappa shape index (κ3) is 2.93. The quantitative estimate of drug-likeness (QED) is 0.674. The van der Waals surface area contributed by atoms with E-state index in [-0.39, 0.29) is 5.78 Å². The molecule has 0 spiro atoms. The van der Waals surface area contributed by atoms with Crippen LogP contribution in [0.25, 0.3) is 0 Å². The summed E-state index contributed by atoms with van der Waals surface area (Å²) in [6.45, 7) is 5.57. The van der Waals surface area contributed by atoms with Crippen LogP contribution in [0.4, 0.5) is 0 Å². The number of carbonyl (C=O) groups excluding carboxylic acids is 2. The molecule has 0 bridgehead atoms. The Morgan fingerprint density at radius 1 is 1.24 bits per heavy atom. The third-order valence-electron chi connectivity index (χ3n) is 3.26. The number of rotatable bonds is 4. The lowest BCUT2D eigenvalue weighted by molar-refractivity contribution is 0.0519. The predicted octanol–water partition coefficient (Wildman–Crippen LogP) is 3.80. The summed E-state index contributed by atoms with van der Waals surface area (Å²) in [5.41, 5.74) is 2.70. The van der Waals surface area contributed by atoms with Gasteiger partial charge in [-0.2, -0.15) is 0 Å². The van der Waals surface area contributed by atoms with Gasteiger partial charge in [0.2, 0.25) is 0 Å². The molecule has 0 radical (unpaired) electrons. The lowest BCUT2D eigenvalue weighted by Gasteiger charge is -2.05. The lowest BCUT2D eigenvalue weighted by atomic mass is 10.00. The van der Waals surface area contributed by atoms with Crippen molar-refractivity contribution in [3.63, 3.8) is 0 Å². The van der Waals surface area contributed by atoms with Crippen molar-refractivity contribution in [1.29, 1.82) is 0 Å². The van der Waals surface area contributed by atoms with Crippen LogP contribution in [-0.4, -0.2) is 23.3 Å². The Kier molecular flexibility index (Phi) is 4.63. The van der Waals surface area contributed by atoms with Crippen LogP contribution < -0.4 is 0 Å². The summed E-state index contributed by atoms with van der Waals surface area (Å²) in [5, 5.41) is 0. The van der Waals surface area contributed by atoms with E-state index in [4.69, 9.17) is 4.74 Å². The average Bonchev–Trinajstić information content (AvgIpc) is 2.74. The van der Waals surface area contributed by atoms with Crippen LogP contribution in [-0.2, 0) is 4.74 Å². The molecule has 0 saturated carbocycles. The van der Waals surface area contributed by atoms with Gasteiger partial charge in [-0.3, -0.25) is 4.79 Å². The van der Waals surface area contributed by atoms with E-state index >= 15 is 0 Å². The second-order valence-electron chi connectivity index (χ2n) is 4.65. The molecule has 21 heavy (non-hydrogen) atoms. The van der Waals surface area contributed by atoms with E-state index in [1.165, 1.54) is 0 Å². The standard InChI is InChI=1S/C16H16BrNO3/c1-4-21-16(20)14-9(2)13(10(3)18-14)15(19)11-7-5-6-8-12(11)17/h5-8,18H,4H2,1-3H3. The molecule has 1 heterocycles. The van der Waals surface area contributed by atoms with Gasteiger partial charge >= 0.3 is 5.97 Å². The monoisotopic (exact) mass is 349 g/mol. The molecule has 0 atom stereocenters. The van der Waals surface area contributed by atoms with Gasteiger partial charge in [-0.25, -0.2) is 4.79 Å². The molecule has 4 nitrogen and oxygen atoms in total. The summed E-state index contributed by atoms with van der Waals surface area (Å²) in [4.78, 5) is 27.5. The van der Waals surface area contributed by atoms with Gasteiger partial charge < -0.3 is 9.72 Å². The maximum Gasteiger partial charge on any atom is 0.355 e. The molecule has 0 saturated heterocycles. The fourth-order valence-electron chi connectivity index (χ4n) is 2.28. The minimum atomic E-state index is -0.440. The number of aryl methyl sites for hydroxylation is 1. The number of hydrogen-bond donors (Lipinski definition) is 1. The Hall–Kier alpha value is -1.88. The van der Waals surface area contributed by atoms with E-state index in [1.54, 1.807) is 26.8 Å². The number of hydrogen-bond acceptors (Lipinski definition) is 3. The fraction of sp³-hybridized carbons (Fsp3) is 0.250. The third-order valence-corrected chi connectivity index (χ3v) is 3.95. The van der Waals surface area contributed by atoms with Gasteiger partial charge in [-0.05, 0) is 38.5 Å². The Morgan fingerprint density at radius 3 is 2.52 bits per heavy atom. The molecule has 2 rings (SSSR count). The van der Waals surface area contributed by atoms with Gasteiger partial charge in [0.25, 0.3) is 0 Å². The molecule has 0 fully saturated rings. The largest absolute Gasteiger partial charge is 0.461 e. The molecule has 5 heteroatoms. The molecule has 110 valence electrons. The topological polar surface area (TPSA) is 59.2 Å². The van der Waals surface area contributed by atoms with Gasteiger partial charge in [0, 0.05) is 21.3 Å². The highest BCUT2D eigenvalue weighted by Crippen LogP contribution is 2.25. The average molecular weight is 350 g/mol. The molecule has 0 amide bonds. The maximum atomic E-state index is 12.7. The first kappa shape index (κ1) is 15.5. The number of halogens is 1. The number of esters is 1. The number of carbonyl (C=O) groups is 2. The Morgan fingerprint density at radius 2 is 1.90 bits per heavy atom. The van der Waals surface area contributed by atoms with Gasteiger partial charge in [-0.15, -0.1) is 0 Å². The van der Waals surface area contributed by atoms with Crippen molar-refractivity contribution >= 4 is 27.7 Å². The second-order valence-corrected chi connectivity index (χ2v) is 5.51. The van der Waals surface area contributed by atoms with Crippen LogP contribution in [0, 0.1) is 13.8 Å². The van der Waals surface area contributed by atoms with Gasteiger partial charge in [0.05, 0.1) is 6.61 Å². The highest BCUT2D eigenvalue weighted by Gasteiger charge is 2.24. The second kappa shape index (κ2) is 6.26. The summed E-state index contributed by atoms with van der Waals surface area (Å²) >= 11 is 3.38. The van der Waals surface area contributed by atoms with E-state index in [9.17, 15) is 9.59 Å². The van der Waals surface area contributed by atoms with Crippen LogP contribution in [0.1, 0.15) is 44.6 Å². The number of aromatic amines is 1. The van der Waals surface area contributed by atoms with Crippen molar-refractivity contribution in [2.75, 3.05) is 6.61 Å². The first-order chi connectivity index (χ1) is 9.97. The molecule has 0 aliphatic rings. The van der Waals surface area contributed by atoms with Gasteiger partial charge in [0.1, 0.15) is 5.69 Å². The maximum absolute atomic E-state index is 12.7. The molecule has 0 unspecified atom stereocenters. The first-order valence-corrected chi connectivity index (χ1v) is 7.42. The van der Waals surface area contributed by atoms with Crippen LogP contribution in [0.15, 0.2) is 28.7 Å². The molecule has 1 aromatic heterocycles. The van der Waals surface area contributed by atoms with Gasteiger partial charge in [-0.1, -0.05) is 28.1 Å².